The topological polar surface area (TPSA) is 83.5 Å². The van der Waals surface area contributed by atoms with E-state index in [1.165, 1.54) is 18.4 Å². The summed E-state index contributed by atoms with van der Waals surface area (Å²) in [5.74, 6) is -0.441. The van der Waals surface area contributed by atoms with E-state index < -0.39 is 16.0 Å². The number of hydrogen-bond acceptors (Lipinski definition) is 3. The number of benzene rings is 1. The van der Waals surface area contributed by atoms with Crippen molar-refractivity contribution in [2.75, 3.05) is 6.54 Å². The van der Waals surface area contributed by atoms with Crippen LogP contribution in [0.25, 0.3) is 0 Å². The molecule has 1 aliphatic rings. The lowest BCUT2D eigenvalue weighted by Gasteiger charge is -2.06. The lowest BCUT2D eigenvalue weighted by Crippen LogP contribution is -2.26. The fourth-order valence-electron chi connectivity index (χ4n) is 1.71. The fraction of sp³-hybridized carbons (Fsp3) is 0.417. The molecule has 2 N–H and O–H groups in total. The second kappa shape index (κ2) is 5.07. The summed E-state index contributed by atoms with van der Waals surface area (Å²) in [7, 11) is -3.59. The Bertz CT molecular complexity index is 532. The quantitative estimate of drug-likeness (QED) is 0.815. The first-order chi connectivity index (χ1) is 8.49. The predicted molar refractivity (Wildman–Crippen MR) is 65.9 cm³/mol. The highest BCUT2D eigenvalue weighted by Gasteiger charge is 2.23. The van der Waals surface area contributed by atoms with Crippen LogP contribution in [0.5, 0.6) is 0 Å². The first-order valence-electron chi connectivity index (χ1n) is 5.80. The van der Waals surface area contributed by atoms with Gasteiger partial charge in [0.15, 0.2) is 0 Å². The molecule has 0 heterocycles. The molecule has 0 spiro atoms. The van der Waals surface area contributed by atoms with Gasteiger partial charge in [0.2, 0.25) is 10.0 Å². The average molecular weight is 269 g/mol. The zero-order chi connectivity index (χ0) is 13.2. The van der Waals surface area contributed by atoms with Gasteiger partial charge in [-0.1, -0.05) is 12.1 Å². The smallest absolute Gasteiger partial charge is 0.304 e. The van der Waals surface area contributed by atoms with Crippen molar-refractivity contribution in [3.05, 3.63) is 29.8 Å². The van der Waals surface area contributed by atoms with Crippen molar-refractivity contribution >= 4 is 16.0 Å². The molecule has 1 aromatic rings. The molecule has 1 saturated carbocycles. The lowest BCUT2D eigenvalue weighted by molar-refractivity contribution is -0.136. The minimum atomic E-state index is -3.59. The first kappa shape index (κ1) is 13.0. The van der Waals surface area contributed by atoms with E-state index in [1.54, 1.807) is 12.1 Å². The molecule has 18 heavy (non-hydrogen) atoms. The van der Waals surface area contributed by atoms with Gasteiger partial charge in [0.05, 0.1) is 11.3 Å². The number of carboxylic acids is 1. The number of aliphatic carboxylic acids is 1. The highest BCUT2D eigenvalue weighted by molar-refractivity contribution is 7.89. The fourth-order valence-corrected chi connectivity index (χ4v) is 2.74. The zero-order valence-electron chi connectivity index (χ0n) is 9.80. The Morgan fingerprint density at radius 1 is 1.28 bits per heavy atom. The Morgan fingerprint density at radius 3 is 2.39 bits per heavy atom. The van der Waals surface area contributed by atoms with E-state index in [9.17, 15) is 13.2 Å². The van der Waals surface area contributed by atoms with Crippen LogP contribution in [0.2, 0.25) is 0 Å². The van der Waals surface area contributed by atoms with Gasteiger partial charge in [0.1, 0.15) is 0 Å². The van der Waals surface area contributed by atoms with Crippen LogP contribution in [0.3, 0.4) is 0 Å². The molecule has 5 nitrogen and oxygen atoms in total. The molecule has 0 unspecified atom stereocenters. The molecule has 1 aromatic carbocycles. The number of hydrogen-bond donors (Lipinski definition) is 2. The van der Waals surface area contributed by atoms with Crippen LogP contribution in [0.15, 0.2) is 29.2 Å². The van der Waals surface area contributed by atoms with E-state index in [0.717, 1.165) is 0 Å². The van der Waals surface area contributed by atoms with Gasteiger partial charge in [0, 0.05) is 6.54 Å². The van der Waals surface area contributed by atoms with Crippen LogP contribution >= 0.6 is 0 Å². The molecule has 0 aromatic heterocycles. The number of nitrogens with one attached hydrogen (secondary N) is 1. The van der Waals surface area contributed by atoms with Crippen molar-refractivity contribution in [1.82, 2.24) is 4.72 Å². The van der Waals surface area contributed by atoms with Gasteiger partial charge in [-0.3, -0.25) is 4.79 Å². The van der Waals surface area contributed by atoms with Crippen molar-refractivity contribution in [3.63, 3.8) is 0 Å². The molecular formula is C12H15NO4S. The third-order valence-electron chi connectivity index (χ3n) is 2.87. The van der Waals surface area contributed by atoms with E-state index in [-0.39, 0.29) is 17.9 Å². The molecule has 98 valence electrons. The maximum absolute atomic E-state index is 11.8. The Kier molecular flexibility index (Phi) is 3.68. The normalized spacial score (nSPS) is 15.6. The molecule has 0 saturated heterocycles. The summed E-state index contributed by atoms with van der Waals surface area (Å²) in [6.45, 7) is -0.0952. The van der Waals surface area contributed by atoms with Crippen molar-refractivity contribution in [3.8, 4) is 0 Å². The van der Waals surface area contributed by atoms with Crippen LogP contribution in [0.1, 0.15) is 30.7 Å². The third-order valence-corrected chi connectivity index (χ3v) is 4.35. The Labute approximate surface area is 106 Å². The molecule has 0 radical (unpaired) electrons. The summed E-state index contributed by atoms with van der Waals surface area (Å²) in [4.78, 5) is 10.5. The zero-order valence-corrected chi connectivity index (χ0v) is 10.6. The standard InChI is InChI=1S/C12H15NO4S/c14-12(15)7-8-13-18(16,17)11-5-3-10(4-6-11)9-1-2-9/h3-6,9,13H,1-2,7-8H2,(H,14,15). The summed E-state index contributed by atoms with van der Waals surface area (Å²) >= 11 is 0. The van der Waals surface area contributed by atoms with E-state index in [4.69, 9.17) is 5.11 Å². The molecule has 0 bridgehead atoms. The van der Waals surface area contributed by atoms with Crippen LogP contribution in [-0.4, -0.2) is 26.0 Å². The Balaban J connectivity index is 2.01. The Hall–Kier alpha value is -1.40. The molecule has 6 heteroatoms. The van der Waals surface area contributed by atoms with Gasteiger partial charge in [-0.05, 0) is 36.5 Å². The summed E-state index contributed by atoms with van der Waals surface area (Å²) in [6.07, 6.45) is 2.12. The van der Waals surface area contributed by atoms with Crippen molar-refractivity contribution in [2.45, 2.75) is 30.1 Å². The average Bonchev–Trinajstić information content (AvgIpc) is 3.12. The summed E-state index contributed by atoms with van der Waals surface area (Å²) in [6, 6.07) is 6.78. The number of rotatable bonds is 6. The van der Waals surface area contributed by atoms with Crippen LogP contribution in [0.4, 0.5) is 0 Å². The molecule has 0 aliphatic heterocycles. The molecule has 0 atom stereocenters. The highest BCUT2D eigenvalue weighted by Crippen LogP contribution is 2.40. The second-order valence-electron chi connectivity index (χ2n) is 4.38. The van der Waals surface area contributed by atoms with Crippen molar-refractivity contribution < 1.29 is 18.3 Å². The van der Waals surface area contributed by atoms with Crippen LogP contribution in [-0.2, 0) is 14.8 Å². The van der Waals surface area contributed by atoms with Crippen LogP contribution < -0.4 is 4.72 Å². The molecular weight excluding hydrogens is 254 g/mol. The van der Waals surface area contributed by atoms with E-state index in [0.29, 0.717) is 5.92 Å². The van der Waals surface area contributed by atoms with Gasteiger partial charge >= 0.3 is 5.97 Å². The van der Waals surface area contributed by atoms with Gasteiger partial charge in [-0.25, -0.2) is 13.1 Å². The third kappa shape index (κ3) is 3.30. The van der Waals surface area contributed by atoms with E-state index in [1.807, 2.05) is 12.1 Å². The minimum absolute atomic E-state index is 0.0952. The molecule has 0 amide bonds. The Morgan fingerprint density at radius 2 is 1.89 bits per heavy atom. The largest absolute Gasteiger partial charge is 0.481 e. The monoisotopic (exact) mass is 269 g/mol. The van der Waals surface area contributed by atoms with Gasteiger partial charge < -0.3 is 5.11 Å². The van der Waals surface area contributed by atoms with E-state index in [2.05, 4.69) is 4.72 Å². The molecule has 1 fully saturated rings. The van der Waals surface area contributed by atoms with Crippen LogP contribution in [0, 0.1) is 0 Å². The van der Waals surface area contributed by atoms with Gasteiger partial charge in [0.25, 0.3) is 0 Å². The number of sulfonamides is 1. The number of carbonyl (C=O) groups is 1. The molecule has 1 aliphatic carbocycles. The lowest BCUT2D eigenvalue weighted by atomic mass is 10.1. The maximum Gasteiger partial charge on any atom is 0.304 e. The van der Waals surface area contributed by atoms with E-state index >= 15 is 0 Å². The second-order valence-corrected chi connectivity index (χ2v) is 6.15. The maximum atomic E-state index is 11.8. The summed E-state index contributed by atoms with van der Waals surface area (Å²) < 4.78 is 25.9. The molecule has 2 rings (SSSR count). The first-order valence-corrected chi connectivity index (χ1v) is 7.29. The van der Waals surface area contributed by atoms with Crippen molar-refractivity contribution in [1.29, 1.82) is 0 Å². The van der Waals surface area contributed by atoms with Crippen molar-refractivity contribution in [2.24, 2.45) is 0 Å². The summed E-state index contributed by atoms with van der Waals surface area (Å²) in [5, 5.41) is 8.45. The highest BCUT2D eigenvalue weighted by atomic mass is 32.2. The summed E-state index contributed by atoms with van der Waals surface area (Å²) in [5.41, 5.74) is 1.17. The van der Waals surface area contributed by atoms with Gasteiger partial charge in [-0.2, -0.15) is 0 Å². The minimum Gasteiger partial charge on any atom is -0.481 e. The SMILES string of the molecule is O=C(O)CCNS(=O)(=O)c1ccc(C2CC2)cc1. The predicted octanol–water partition coefficient (Wildman–Crippen LogP) is 1.32. The number of carboxylic acid groups (broad SMARTS) is 1. The van der Waals surface area contributed by atoms with Gasteiger partial charge in [-0.15, -0.1) is 0 Å².